The van der Waals surface area contributed by atoms with Crippen molar-refractivity contribution in [3.8, 4) is 0 Å². The topological polar surface area (TPSA) is 78.4 Å². The Labute approximate surface area is 119 Å². The molecule has 0 aliphatic rings. The monoisotopic (exact) mass is 278 g/mol. The summed E-state index contributed by atoms with van der Waals surface area (Å²) < 4.78 is 0. The van der Waals surface area contributed by atoms with Crippen LogP contribution in [0.5, 0.6) is 0 Å². The lowest BCUT2D eigenvalue weighted by molar-refractivity contribution is -0.136. The number of para-hydroxylation sites is 1. The van der Waals surface area contributed by atoms with Crippen molar-refractivity contribution in [1.29, 1.82) is 0 Å². The summed E-state index contributed by atoms with van der Waals surface area (Å²) in [7, 11) is 0. The minimum atomic E-state index is -0.920. The van der Waals surface area contributed by atoms with Gasteiger partial charge in [-0.15, -0.1) is 0 Å². The van der Waals surface area contributed by atoms with Gasteiger partial charge >= 0.3 is 12.0 Å². The van der Waals surface area contributed by atoms with Crippen molar-refractivity contribution in [3.63, 3.8) is 0 Å². The number of nitrogens with one attached hydrogen (secondary N) is 2. The van der Waals surface area contributed by atoms with Crippen LogP contribution in [0.15, 0.2) is 24.3 Å². The van der Waals surface area contributed by atoms with Crippen molar-refractivity contribution in [3.05, 3.63) is 29.8 Å². The quantitative estimate of drug-likeness (QED) is 0.671. The molecule has 0 atom stereocenters. The maximum atomic E-state index is 11.7. The Bertz CT molecular complexity index is 458. The molecule has 110 valence electrons. The van der Waals surface area contributed by atoms with Gasteiger partial charge in [-0.1, -0.05) is 32.0 Å². The summed E-state index contributed by atoms with van der Waals surface area (Å²) in [6.45, 7) is 4.90. The van der Waals surface area contributed by atoms with Gasteiger partial charge in [-0.3, -0.25) is 4.79 Å². The van der Waals surface area contributed by atoms with Crippen molar-refractivity contribution in [2.24, 2.45) is 5.92 Å². The Kier molecular flexibility index (Phi) is 6.56. The fourth-order valence-electron chi connectivity index (χ4n) is 1.84. The lowest BCUT2D eigenvalue weighted by atomic mass is 10.1. The molecule has 5 nitrogen and oxygen atoms in total. The standard InChI is InChI=1S/C15H22N2O3/c1-11(2)6-5-9-16-15(20)17-13-8-4-3-7-12(13)10-14(18)19/h3-4,7-8,11H,5-6,9-10H2,1-2H3,(H,18,19)(H2,16,17,20). The van der Waals surface area contributed by atoms with Gasteiger partial charge in [0.15, 0.2) is 0 Å². The third-order valence-electron chi connectivity index (χ3n) is 2.85. The summed E-state index contributed by atoms with van der Waals surface area (Å²) >= 11 is 0. The number of carboxylic acid groups (broad SMARTS) is 1. The Morgan fingerprint density at radius 1 is 1.25 bits per heavy atom. The van der Waals surface area contributed by atoms with E-state index in [1.54, 1.807) is 24.3 Å². The summed E-state index contributed by atoms with van der Waals surface area (Å²) in [4.78, 5) is 22.5. The molecule has 0 aromatic heterocycles. The summed E-state index contributed by atoms with van der Waals surface area (Å²) in [6, 6.07) is 6.62. The highest BCUT2D eigenvalue weighted by Crippen LogP contribution is 2.15. The van der Waals surface area contributed by atoms with E-state index in [1.807, 2.05) is 0 Å². The molecule has 0 unspecified atom stereocenters. The summed E-state index contributed by atoms with van der Waals surface area (Å²) in [5.74, 6) is -0.298. The molecule has 0 saturated carbocycles. The molecule has 0 heterocycles. The van der Waals surface area contributed by atoms with Gasteiger partial charge in [0.25, 0.3) is 0 Å². The van der Waals surface area contributed by atoms with E-state index < -0.39 is 5.97 Å². The molecule has 0 aliphatic carbocycles. The van der Waals surface area contributed by atoms with Crippen LogP contribution in [-0.2, 0) is 11.2 Å². The summed E-state index contributed by atoms with van der Waals surface area (Å²) in [5.41, 5.74) is 1.13. The zero-order valence-corrected chi connectivity index (χ0v) is 12.0. The predicted octanol–water partition coefficient (Wildman–Crippen LogP) is 2.87. The fourth-order valence-corrected chi connectivity index (χ4v) is 1.84. The minimum absolute atomic E-state index is 0.107. The first-order chi connectivity index (χ1) is 9.49. The number of hydrogen-bond acceptors (Lipinski definition) is 2. The van der Waals surface area contributed by atoms with Gasteiger partial charge < -0.3 is 15.7 Å². The van der Waals surface area contributed by atoms with E-state index in [2.05, 4.69) is 24.5 Å². The number of amides is 2. The van der Waals surface area contributed by atoms with Crippen LogP contribution in [0.25, 0.3) is 0 Å². The number of carboxylic acids is 1. The Hall–Kier alpha value is -2.04. The van der Waals surface area contributed by atoms with Crippen LogP contribution in [0.3, 0.4) is 0 Å². The van der Waals surface area contributed by atoms with Crippen molar-refractivity contribution in [2.75, 3.05) is 11.9 Å². The first-order valence-corrected chi connectivity index (χ1v) is 6.83. The van der Waals surface area contributed by atoms with Gasteiger partial charge in [-0.25, -0.2) is 4.79 Å². The van der Waals surface area contributed by atoms with Gasteiger partial charge in [0.2, 0.25) is 0 Å². The second-order valence-electron chi connectivity index (χ2n) is 5.14. The van der Waals surface area contributed by atoms with Gasteiger partial charge in [-0.05, 0) is 30.4 Å². The highest BCUT2D eigenvalue weighted by atomic mass is 16.4. The van der Waals surface area contributed by atoms with E-state index in [0.717, 1.165) is 12.8 Å². The number of benzene rings is 1. The molecule has 3 N–H and O–H groups in total. The second kappa shape index (κ2) is 8.19. The third kappa shape index (κ3) is 6.22. The SMILES string of the molecule is CC(C)CCCNC(=O)Nc1ccccc1CC(=O)O. The summed E-state index contributed by atoms with van der Waals surface area (Å²) in [5, 5.41) is 14.3. The van der Waals surface area contributed by atoms with Crippen LogP contribution in [0.4, 0.5) is 10.5 Å². The van der Waals surface area contributed by atoms with E-state index in [9.17, 15) is 9.59 Å². The lowest BCUT2D eigenvalue weighted by Crippen LogP contribution is -2.30. The van der Waals surface area contributed by atoms with Gasteiger partial charge in [0.05, 0.1) is 6.42 Å². The number of carbonyl (C=O) groups excluding carboxylic acids is 1. The molecule has 0 saturated heterocycles. The fraction of sp³-hybridized carbons (Fsp3) is 0.467. The molecule has 0 spiro atoms. The van der Waals surface area contributed by atoms with E-state index in [0.29, 0.717) is 23.7 Å². The predicted molar refractivity (Wildman–Crippen MR) is 78.9 cm³/mol. The molecule has 20 heavy (non-hydrogen) atoms. The average molecular weight is 278 g/mol. The normalized spacial score (nSPS) is 10.3. The van der Waals surface area contributed by atoms with Crippen molar-refractivity contribution < 1.29 is 14.7 Å². The van der Waals surface area contributed by atoms with Gasteiger partial charge in [-0.2, -0.15) is 0 Å². The van der Waals surface area contributed by atoms with E-state index >= 15 is 0 Å². The van der Waals surface area contributed by atoms with E-state index in [4.69, 9.17) is 5.11 Å². The molecule has 5 heteroatoms. The largest absolute Gasteiger partial charge is 0.481 e. The molecule has 1 aromatic rings. The van der Waals surface area contributed by atoms with Crippen LogP contribution < -0.4 is 10.6 Å². The minimum Gasteiger partial charge on any atom is -0.481 e. The van der Waals surface area contributed by atoms with E-state index in [1.165, 1.54) is 0 Å². The van der Waals surface area contributed by atoms with Crippen LogP contribution in [0, 0.1) is 5.92 Å². The Morgan fingerprint density at radius 3 is 2.60 bits per heavy atom. The smallest absolute Gasteiger partial charge is 0.319 e. The third-order valence-corrected chi connectivity index (χ3v) is 2.85. The van der Waals surface area contributed by atoms with Crippen LogP contribution in [0.1, 0.15) is 32.3 Å². The number of anilines is 1. The Balaban J connectivity index is 2.47. The number of hydrogen-bond donors (Lipinski definition) is 3. The number of aliphatic carboxylic acids is 1. The molecule has 1 rings (SSSR count). The molecule has 2 amide bonds. The highest BCUT2D eigenvalue weighted by molar-refractivity contribution is 5.90. The second-order valence-corrected chi connectivity index (χ2v) is 5.14. The maximum Gasteiger partial charge on any atom is 0.319 e. The zero-order chi connectivity index (χ0) is 15.0. The van der Waals surface area contributed by atoms with Crippen LogP contribution >= 0.6 is 0 Å². The molecule has 1 aromatic carbocycles. The Morgan fingerprint density at radius 2 is 1.95 bits per heavy atom. The maximum absolute atomic E-state index is 11.7. The van der Waals surface area contributed by atoms with Crippen LogP contribution in [0.2, 0.25) is 0 Å². The molecular formula is C15H22N2O3. The molecule has 0 aliphatic heterocycles. The number of urea groups is 1. The average Bonchev–Trinajstić information content (AvgIpc) is 2.36. The molecular weight excluding hydrogens is 256 g/mol. The van der Waals surface area contributed by atoms with Crippen molar-refractivity contribution in [2.45, 2.75) is 33.1 Å². The molecule has 0 fully saturated rings. The van der Waals surface area contributed by atoms with Crippen molar-refractivity contribution >= 4 is 17.7 Å². The van der Waals surface area contributed by atoms with Gasteiger partial charge in [0, 0.05) is 12.2 Å². The number of carbonyl (C=O) groups is 2. The number of rotatable bonds is 7. The molecule has 0 bridgehead atoms. The van der Waals surface area contributed by atoms with Gasteiger partial charge in [0.1, 0.15) is 0 Å². The highest BCUT2D eigenvalue weighted by Gasteiger charge is 2.08. The van der Waals surface area contributed by atoms with E-state index in [-0.39, 0.29) is 12.5 Å². The molecule has 0 radical (unpaired) electrons. The van der Waals surface area contributed by atoms with Crippen LogP contribution in [-0.4, -0.2) is 23.7 Å². The van der Waals surface area contributed by atoms with Crippen molar-refractivity contribution in [1.82, 2.24) is 5.32 Å². The first kappa shape index (κ1) is 16.0. The zero-order valence-electron chi connectivity index (χ0n) is 12.0. The lowest BCUT2D eigenvalue weighted by Gasteiger charge is -2.11. The first-order valence-electron chi connectivity index (χ1n) is 6.83. The summed E-state index contributed by atoms with van der Waals surface area (Å²) in [6.07, 6.45) is 1.89.